The Kier molecular flexibility index (Phi) is 2.98. The van der Waals surface area contributed by atoms with E-state index in [1.807, 2.05) is 6.07 Å². The fraction of sp³-hybridized carbons (Fsp3) is 0.429. The maximum atomic E-state index is 11.2. The SMILES string of the molecule is CC1CC(n2cnc3c(C(=O)O)cccc32)CCO1. The van der Waals surface area contributed by atoms with Gasteiger partial charge in [-0.05, 0) is 31.9 Å². The Balaban J connectivity index is 2.05. The Labute approximate surface area is 110 Å². The van der Waals surface area contributed by atoms with Crippen molar-refractivity contribution in [2.75, 3.05) is 6.61 Å². The van der Waals surface area contributed by atoms with Crippen molar-refractivity contribution in [3.8, 4) is 0 Å². The molecule has 2 unspecified atom stereocenters. The van der Waals surface area contributed by atoms with Crippen LogP contribution < -0.4 is 0 Å². The monoisotopic (exact) mass is 260 g/mol. The zero-order valence-electron chi connectivity index (χ0n) is 10.7. The zero-order chi connectivity index (χ0) is 13.4. The van der Waals surface area contributed by atoms with Gasteiger partial charge >= 0.3 is 5.97 Å². The summed E-state index contributed by atoms with van der Waals surface area (Å²) in [6.07, 6.45) is 3.86. The third-order valence-corrected chi connectivity index (χ3v) is 3.69. The molecule has 1 aromatic carbocycles. The Morgan fingerprint density at radius 2 is 2.37 bits per heavy atom. The first-order valence-corrected chi connectivity index (χ1v) is 6.47. The molecule has 1 aliphatic rings. The number of fused-ring (bicyclic) bond motifs is 1. The number of benzene rings is 1. The van der Waals surface area contributed by atoms with Crippen molar-refractivity contribution >= 4 is 17.0 Å². The van der Waals surface area contributed by atoms with E-state index in [1.165, 1.54) is 0 Å². The smallest absolute Gasteiger partial charge is 0.337 e. The van der Waals surface area contributed by atoms with Crippen LogP contribution in [0.15, 0.2) is 24.5 Å². The zero-order valence-corrected chi connectivity index (χ0v) is 10.7. The second kappa shape index (κ2) is 4.66. The van der Waals surface area contributed by atoms with Crippen molar-refractivity contribution in [2.45, 2.75) is 31.9 Å². The highest BCUT2D eigenvalue weighted by molar-refractivity contribution is 6.00. The molecule has 1 N–H and O–H groups in total. The molecular weight excluding hydrogens is 244 g/mol. The Morgan fingerprint density at radius 1 is 1.53 bits per heavy atom. The van der Waals surface area contributed by atoms with Crippen LogP contribution in [0.25, 0.3) is 11.0 Å². The van der Waals surface area contributed by atoms with Gasteiger partial charge < -0.3 is 14.4 Å². The van der Waals surface area contributed by atoms with Crippen LogP contribution in [0.2, 0.25) is 0 Å². The topological polar surface area (TPSA) is 64.4 Å². The summed E-state index contributed by atoms with van der Waals surface area (Å²) in [6, 6.07) is 5.62. The molecule has 3 rings (SSSR count). The molecule has 2 aromatic rings. The molecule has 5 nitrogen and oxygen atoms in total. The van der Waals surface area contributed by atoms with Crippen LogP contribution in [0.3, 0.4) is 0 Å². The number of ether oxygens (including phenoxy) is 1. The van der Waals surface area contributed by atoms with Gasteiger partial charge in [0.05, 0.1) is 23.5 Å². The van der Waals surface area contributed by atoms with Gasteiger partial charge in [-0.1, -0.05) is 6.07 Å². The van der Waals surface area contributed by atoms with Gasteiger partial charge in [-0.3, -0.25) is 0 Å². The molecular formula is C14H16N2O3. The standard InChI is InChI=1S/C14H16N2O3/c1-9-7-10(5-6-19-9)16-8-15-13-11(14(17)18)3-2-4-12(13)16/h2-4,8-10H,5-7H2,1H3,(H,17,18). The van der Waals surface area contributed by atoms with Crippen molar-refractivity contribution in [3.05, 3.63) is 30.1 Å². The van der Waals surface area contributed by atoms with Gasteiger partial charge in [0.25, 0.3) is 0 Å². The molecule has 1 aromatic heterocycles. The number of aromatic nitrogens is 2. The van der Waals surface area contributed by atoms with E-state index in [-0.39, 0.29) is 11.7 Å². The number of carbonyl (C=O) groups is 1. The van der Waals surface area contributed by atoms with Crippen molar-refractivity contribution < 1.29 is 14.6 Å². The van der Waals surface area contributed by atoms with E-state index in [0.717, 1.165) is 25.0 Å². The molecule has 0 spiro atoms. The van der Waals surface area contributed by atoms with Crippen LogP contribution in [0.1, 0.15) is 36.2 Å². The summed E-state index contributed by atoms with van der Waals surface area (Å²) in [5.41, 5.74) is 1.71. The molecule has 2 atom stereocenters. The Bertz CT molecular complexity index is 620. The number of hydrogen-bond donors (Lipinski definition) is 1. The first-order chi connectivity index (χ1) is 9.16. The third-order valence-electron chi connectivity index (χ3n) is 3.69. The van der Waals surface area contributed by atoms with Gasteiger partial charge in [-0.25, -0.2) is 9.78 Å². The highest BCUT2D eigenvalue weighted by Crippen LogP contribution is 2.29. The number of nitrogens with zero attached hydrogens (tertiary/aromatic N) is 2. The lowest BCUT2D eigenvalue weighted by molar-refractivity contribution is 0.00671. The van der Waals surface area contributed by atoms with Crippen LogP contribution in [-0.4, -0.2) is 33.3 Å². The number of rotatable bonds is 2. The highest BCUT2D eigenvalue weighted by atomic mass is 16.5. The molecule has 100 valence electrons. The van der Waals surface area contributed by atoms with Gasteiger partial charge in [-0.15, -0.1) is 0 Å². The first-order valence-electron chi connectivity index (χ1n) is 6.47. The van der Waals surface area contributed by atoms with Gasteiger partial charge in [0.2, 0.25) is 0 Å². The number of carboxylic acids is 1. The minimum atomic E-state index is -0.934. The molecule has 0 amide bonds. The molecule has 0 bridgehead atoms. The van der Waals surface area contributed by atoms with E-state index in [1.54, 1.807) is 18.5 Å². The second-order valence-electron chi connectivity index (χ2n) is 4.99. The molecule has 19 heavy (non-hydrogen) atoms. The van der Waals surface area contributed by atoms with E-state index >= 15 is 0 Å². The molecule has 1 aliphatic heterocycles. The van der Waals surface area contributed by atoms with Crippen molar-refractivity contribution in [2.24, 2.45) is 0 Å². The average molecular weight is 260 g/mol. The predicted molar refractivity (Wildman–Crippen MR) is 70.4 cm³/mol. The Hall–Kier alpha value is -1.88. The van der Waals surface area contributed by atoms with Gasteiger partial charge in [0, 0.05) is 12.6 Å². The largest absolute Gasteiger partial charge is 0.478 e. The van der Waals surface area contributed by atoms with Crippen LogP contribution in [0, 0.1) is 0 Å². The quantitative estimate of drug-likeness (QED) is 0.901. The lowest BCUT2D eigenvalue weighted by atomic mass is 10.0. The van der Waals surface area contributed by atoms with Crippen LogP contribution in [-0.2, 0) is 4.74 Å². The van der Waals surface area contributed by atoms with Crippen LogP contribution in [0.4, 0.5) is 0 Å². The van der Waals surface area contributed by atoms with E-state index < -0.39 is 5.97 Å². The first kappa shape index (κ1) is 12.2. The molecule has 1 fully saturated rings. The molecule has 0 saturated carbocycles. The number of hydrogen-bond acceptors (Lipinski definition) is 3. The molecule has 5 heteroatoms. The van der Waals surface area contributed by atoms with Crippen molar-refractivity contribution in [3.63, 3.8) is 0 Å². The maximum Gasteiger partial charge on any atom is 0.337 e. The lowest BCUT2D eigenvalue weighted by Crippen LogP contribution is -2.25. The Morgan fingerprint density at radius 3 is 3.11 bits per heavy atom. The van der Waals surface area contributed by atoms with E-state index in [9.17, 15) is 9.90 Å². The minimum Gasteiger partial charge on any atom is -0.478 e. The number of imidazole rings is 1. The van der Waals surface area contributed by atoms with Crippen LogP contribution >= 0.6 is 0 Å². The summed E-state index contributed by atoms with van der Waals surface area (Å²) in [4.78, 5) is 15.5. The van der Waals surface area contributed by atoms with E-state index in [2.05, 4.69) is 16.5 Å². The van der Waals surface area contributed by atoms with Gasteiger partial charge in [0.1, 0.15) is 5.52 Å². The van der Waals surface area contributed by atoms with Crippen molar-refractivity contribution in [1.29, 1.82) is 0 Å². The van der Waals surface area contributed by atoms with Gasteiger partial charge in [0.15, 0.2) is 0 Å². The molecule has 1 saturated heterocycles. The predicted octanol–water partition coefficient (Wildman–Crippen LogP) is 2.47. The summed E-state index contributed by atoms with van der Waals surface area (Å²) in [6.45, 7) is 2.80. The summed E-state index contributed by atoms with van der Waals surface area (Å²) < 4.78 is 7.64. The fourth-order valence-electron chi connectivity index (χ4n) is 2.75. The normalized spacial score (nSPS) is 23.6. The molecule has 0 aliphatic carbocycles. The van der Waals surface area contributed by atoms with Crippen LogP contribution in [0.5, 0.6) is 0 Å². The second-order valence-corrected chi connectivity index (χ2v) is 4.99. The fourth-order valence-corrected chi connectivity index (χ4v) is 2.75. The number of para-hydroxylation sites is 1. The van der Waals surface area contributed by atoms with E-state index in [4.69, 9.17) is 4.74 Å². The summed E-state index contributed by atoms with van der Waals surface area (Å²) in [5, 5.41) is 9.18. The molecule has 0 radical (unpaired) electrons. The third kappa shape index (κ3) is 2.10. The average Bonchev–Trinajstić information content (AvgIpc) is 2.82. The summed E-state index contributed by atoms with van der Waals surface area (Å²) in [7, 11) is 0. The number of aromatic carboxylic acids is 1. The lowest BCUT2D eigenvalue weighted by Gasteiger charge is -2.28. The molecule has 2 heterocycles. The summed E-state index contributed by atoms with van der Waals surface area (Å²) in [5.74, 6) is -0.934. The maximum absolute atomic E-state index is 11.2. The minimum absolute atomic E-state index is 0.235. The van der Waals surface area contributed by atoms with Gasteiger partial charge in [-0.2, -0.15) is 0 Å². The highest BCUT2D eigenvalue weighted by Gasteiger charge is 2.23. The van der Waals surface area contributed by atoms with Crippen molar-refractivity contribution in [1.82, 2.24) is 9.55 Å². The van der Waals surface area contributed by atoms with E-state index in [0.29, 0.717) is 11.6 Å². The summed E-state index contributed by atoms with van der Waals surface area (Å²) >= 11 is 0. The number of carboxylic acid groups (broad SMARTS) is 1.